The largest absolute Gasteiger partial charge is 0.444 e. The molecule has 2 aromatic carbocycles. The summed E-state index contributed by atoms with van der Waals surface area (Å²) in [6.45, 7) is 5.42. The van der Waals surface area contributed by atoms with Gasteiger partial charge in [-0.25, -0.2) is 9.59 Å². The number of hydrogen-bond acceptors (Lipinski definition) is 5. The average molecular weight is 450 g/mol. The van der Waals surface area contributed by atoms with E-state index in [4.69, 9.17) is 9.47 Å². The van der Waals surface area contributed by atoms with Gasteiger partial charge >= 0.3 is 12.1 Å². The van der Waals surface area contributed by atoms with Crippen molar-refractivity contribution in [3.05, 3.63) is 64.1 Å². The zero-order valence-corrected chi connectivity index (χ0v) is 17.9. The molecule has 2 aromatic rings. The van der Waals surface area contributed by atoms with Crippen LogP contribution in [-0.2, 0) is 4.74 Å². The van der Waals surface area contributed by atoms with Gasteiger partial charge in [-0.15, -0.1) is 0 Å². The third kappa shape index (κ3) is 6.35. The molecular weight excluding hydrogens is 426 g/mol. The number of aliphatic hydroxyl groups is 1. The number of benzene rings is 2. The second-order valence-corrected chi connectivity index (χ2v) is 8.17. The van der Waals surface area contributed by atoms with E-state index in [-0.39, 0.29) is 6.54 Å². The minimum absolute atomic E-state index is 0.0744. The molecule has 1 N–H and O–H groups in total. The number of carbonyl (C=O) groups excluding carboxylic acids is 2. The van der Waals surface area contributed by atoms with Crippen molar-refractivity contribution in [2.45, 2.75) is 32.5 Å². The molecule has 150 valence electrons. The van der Waals surface area contributed by atoms with Crippen molar-refractivity contribution in [3.63, 3.8) is 0 Å². The van der Waals surface area contributed by atoms with Gasteiger partial charge in [-0.05, 0) is 66.5 Å². The third-order valence-electron chi connectivity index (χ3n) is 3.72. The highest BCUT2D eigenvalue weighted by molar-refractivity contribution is 9.10. The SMILES string of the molecule is CN(CC(O)c1ccc(OC(=O)c2ccccc2Br)cc1)C(=O)OC(C)(C)C. The Kier molecular flexibility index (Phi) is 7.21. The number of nitrogens with zero attached hydrogens (tertiary/aromatic N) is 1. The fourth-order valence-corrected chi connectivity index (χ4v) is 2.77. The maximum atomic E-state index is 12.2. The molecule has 0 fully saturated rings. The molecule has 0 aliphatic carbocycles. The molecular formula is C21H24BrNO5. The summed E-state index contributed by atoms with van der Waals surface area (Å²) >= 11 is 3.32. The minimum atomic E-state index is -0.898. The second-order valence-electron chi connectivity index (χ2n) is 7.32. The molecule has 0 saturated carbocycles. The van der Waals surface area contributed by atoms with Crippen LogP contribution in [0, 0.1) is 0 Å². The molecule has 28 heavy (non-hydrogen) atoms. The molecule has 1 unspecified atom stereocenters. The number of halogens is 1. The number of hydrogen-bond donors (Lipinski definition) is 1. The van der Waals surface area contributed by atoms with E-state index in [2.05, 4.69) is 15.9 Å². The van der Waals surface area contributed by atoms with Gasteiger partial charge in [-0.1, -0.05) is 24.3 Å². The van der Waals surface area contributed by atoms with Gasteiger partial charge in [0.05, 0.1) is 18.2 Å². The molecule has 0 bridgehead atoms. The lowest BCUT2D eigenvalue weighted by Crippen LogP contribution is -2.36. The maximum absolute atomic E-state index is 12.2. The monoisotopic (exact) mass is 449 g/mol. The van der Waals surface area contributed by atoms with Crippen molar-refractivity contribution >= 4 is 28.0 Å². The topological polar surface area (TPSA) is 76.1 Å². The fraction of sp³-hybridized carbons (Fsp3) is 0.333. The number of carbonyl (C=O) groups is 2. The van der Waals surface area contributed by atoms with Crippen LogP contribution in [0.25, 0.3) is 0 Å². The predicted molar refractivity (Wildman–Crippen MR) is 109 cm³/mol. The molecule has 0 radical (unpaired) electrons. The van der Waals surface area contributed by atoms with E-state index >= 15 is 0 Å². The molecule has 0 aliphatic rings. The van der Waals surface area contributed by atoms with Crippen LogP contribution in [0.4, 0.5) is 4.79 Å². The zero-order valence-electron chi connectivity index (χ0n) is 16.3. The lowest BCUT2D eigenvalue weighted by molar-refractivity contribution is 0.0205. The van der Waals surface area contributed by atoms with Crippen molar-refractivity contribution in [1.82, 2.24) is 4.90 Å². The number of amides is 1. The van der Waals surface area contributed by atoms with Gasteiger partial charge in [0.25, 0.3) is 0 Å². The van der Waals surface area contributed by atoms with Gasteiger partial charge in [0, 0.05) is 11.5 Å². The molecule has 2 rings (SSSR count). The highest BCUT2D eigenvalue weighted by Crippen LogP contribution is 2.22. The fourth-order valence-electron chi connectivity index (χ4n) is 2.33. The van der Waals surface area contributed by atoms with Crippen molar-refractivity contribution in [3.8, 4) is 5.75 Å². The smallest absolute Gasteiger partial charge is 0.410 e. The summed E-state index contributed by atoms with van der Waals surface area (Å²) in [5.41, 5.74) is 0.414. The first-order valence-corrected chi connectivity index (χ1v) is 9.55. The summed E-state index contributed by atoms with van der Waals surface area (Å²) in [7, 11) is 1.56. The molecule has 1 amide bonds. The van der Waals surface area contributed by atoms with Crippen molar-refractivity contribution < 1.29 is 24.2 Å². The Bertz CT molecular complexity index is 829. The molecule has 0 aliphatic heterocycles. The van der Waals surface area contributed by atoms with Crippen LogP contribution in [0.15, 0.2) is 53.0 Å². The summed E-state index contributed by atoms with van der Waals surface area (Å²) in [5.74, 6) is -0.123. The summed E-state index contributed by atoms with van der Waals surface area (Å²) < 4.78 is 11.3. The molecule has 7 heteroatoms. The highest BCUT2D eigenvalue weighted by atomic mass is 79.9. The Labute approximate surface area is 173 Å². The van der Waals surface area contributed by atoms with E-state index in [0.717, 1.165) is 0 Å². The highest BCUT2D eigenvalue weighted by Gasteiger charge is 2.22. The Morgan fingerprint density at radius 1 is 1.11 bits per heavy atom. The average Bonchev–Trinajstić information content (AvgIpc) is 2.61. The lowest BCUT2D eigenvalue weighted by Gasteiger charge is -2.26. The first-order chi connectivity index (χ1) is 13.1. The third-order valence-corrected chi connectivity index (χ3v) is 4.41. The standard InChI is InChI=1S/C21H24BrNO5/c1-21(2,3)28-20(26)23(4)13-18(24)14-9-11-15(12-10-14)27-19(25)16-7-5-6-8-17(16)22/h5-12,18,24H,13H2,1-4H3. The quantitative estimate of drug-likeness (QED) is 0.534. The summed E-state index contributed by atoms with van der Waals surface area (Å²) in [4.78, 5) is 25.5. The Hall–Kier alpha value is -2.38. The molecule has 0 spiro atoms. The number of rotatable bonds is 5. The first kappa shape index (κ1) is 21.9. The molecule has 0 aromatic heterocycles. The van der Waals surface area contributed by atoms with Crippen molar-refractivity contribution in [2.24, 2.45) is 0 Å². The summed E-state index contributed by atoms with van der Waals surface area (Å²) in [6, 6.07) is 13.5. The first-order valence-electron chi connectivity index (χ1n) is 8.75. The van der Waals surface area contributed by atoms with Crippen LogP contribution in [0.3, 0.4) is 0 Å². The number of esters is 1. The van der Waals surface area contributed by atoms with Gasteiger partial charge in [0.1, 0.15) is 11.4 Å². The molecule has 0 heterocycles. The van der Waals surface area contributed by atoms with E-state index in [1.807, 2.05) is 6.07 Å². The van der Waals surface area contributed by atoms with Crippen LogP contribution >= 0.6 is 15.9 Å². The van der Waals surface area contributed by atoms with E-state index in [9.17, 15) is 14.7 Å². The number of likely N-dealkylation sites (N-methyl/N-ethyl adjacent to an activating group) is 1. The van der Waals surface area contributed by atoms with Crippen LogP contribution in [0.5, 0.6) is 5.75 Å². The summed E-state index contributed by atoms with van der Waals surface area (Å²) in [5, 5.41) is 10.4. The van der Waals surface area contributed by atoms with E-state index < -0.39 is 23.8 Å². The van der Waals surface area contributed by atoms with Crippen molar-refractivity contribution in [1.29, 1.82) is 0 Å². The Morgan fingerprint density at radius 2 is 1.71 bits per heavy atom. The van der Waals surface area contributed by atoms with Gasteiger partial charge in [0.15, 0.2) is 0 Å². The second kappa shape index (κ2) is 9.21. The predicted octanol–water partition coefficient (Wildman–Crippen LogP) is 4.57. The van der Waals surface area contributed by atoms with Crippen LogP contribution in [0.1, 0.15) is 42.8 Å². The molecule has 6 nitrogen and oxygen atoms in total. The van der Waals surface area contributed by atoms with Gasteiger partial charge in [0.2, 0.25) is 0 Å². The van der Waals surface area contributed by atoms with Crippen molar-refractivity contribution in [2.75, 3.05) is 13.6 Å². The van der Waals surface area contributed by atoms with Crippen LogP contribution in [-0.4, -0.2) is 41.3 Å². The van der Waals surface area contributed by atoms with Gasteiger partial charge in [-0.3, -0.25) is 0 Å². The van der Waals surface area contributed by atoms with Crippen LogP contribution in [0.2, 0.25) is 0 Å². The van der Waals surface area contributed by atoms with Gasteiger partial charge < -0.3 is 19.5 Å². The normalized spacial score (nSPS) is 12.2. The molecule has 1 atom stereocenters. The van der Waals surface area contributed by atoms with Crippen LogP contribution < -0.4 is 4.74 Å². The number of ether oxygens (including phenoxy) is 2. The molecule has 0 saturated heterocycles. The minimum Gasteiger partial charge on any atom is -0.444 e. The number of aliphatic hydroxyl groups excluding tert-OH is 1. The zero-order chi connectivity index (χ0) is 20.9. The Morgan fingerprint density at radius 3 is 2.29 bits per heavy atom. The van der Waals surface area contributed by atoms with Gasteiger partial charge in [-0.2, -0.15) is 0 Å². The van der Waals surface area contributed by atoms with E-state index in [1.54, 1.807) is 70.3 Å². The van der Waals surface area contributed by atoms with E-state index in [0.29, 0.717) is 21.3 Å². The summed E-state index contributed by atoms with van der Waals surface area (Å²) in [6.07, 6.45) is -1.41. The lowest BCUT2D eigenvalue weighted by atomic mass is 10.1. The Balaban J connectivity index is 1.97. The van der Waals surface area contributed by atoms with E-state index in [1.165, 1.54) is 4.90 Å². The maximum Gasteiger partial charge on any atom is 0.410 e.